The van der Waals surface area contributed by atoms with Crippen LogP contribution in [0.15, 0.2) is 30.9 Å². The quantitative estimate of drug-likeness (QED) is 0.662. The summed E-state index contributed by atoms with van der Waals surface area (Å²) >= 11 is 7.71. The maximum absolute atomic E-state index is 6.10. The van der Waals surface area contributed by atoms with Gasteiger partial charge in [-0.3, -0.25) is 0 Å². The van der Waals surface area contributed by atoms with Crippen LogP contribution >= 0.6 is 22.9 Å². The lowest BCUT2D eigenvalue weighted by Gasteiger charge is -1.88. The molecule has 0 unspecified atom stereocenters. The molecule has 0 aliphatic rings. The number of fused-ring (bicyclic) bond motifs is 1. The number of hydrogen-bond acceptors (Lipinski definition) is 3. The van der Waals surface area contributed by atoms with Crippen LogP contribution in [-0.4, -0.2) is 14.5 Å². The SMILES string of the molecule is Cn1cnc(-c2cc3c(Cl)ccnc3s2)c1. The fourth-order valence-corrected chi connectivity index (χ4v) is 2.82. The first-order valence-electron chi connectivity index (χ1n) is 4.76. The van der Waals surface area contributed by atoms with E-state index >= 15 is 0 Å². The molecule has 5 heteroatoms. The molecular weight excluding hydrogens is 242 g/mol. The fraction of sp³-hybridized carbons (Fsp3) is 0.0909. The Balaban J connectivity index is 2.22. The van der Waals surface area contributed by atoms with Gasteiger partial charge in [0.1, 0.15) is 4.83 Å². The summed E-state index contributed by atoms with van der Waals surface area (Å²) < 4.78 is 1.93. The van der Waals surface area contributed by atoms with Crippen molar-refractivity contribution in [2.75, 3.05) is 0 Å². The van der Waals surface area contributed by atoms with Crippen molar-refractivity contribution in [1.29, 1.82) is 0 Å². The predicted octanol–water partition coefficient (Wildman–Crippen LogP) is 3.35. The Bertz CT molecular complexity index is 656. The highest BCUT2D eigenvalue weighted by atomic mass is 35.5. The number of rotatable bonds is 1. The molecule has 3 aromatic rings. The van der Waals surface area contributed by atoms with Crippen LogP contribution in [0, 0.1) is 0 Å². The Labute approximate surface area is 101 Å². The highest BCUT2D eigenvalue weighted by Crippen LogP contribution is 2.34. The second-order valence-corrected chi connectivity index (χ2v) is 4.98. The summed E-state index contributed by atoms with van der Waals surface area (Å²) in [5.74, 6) is 0. The van der Waals surface area contributed by atoms with Gasteiger partial charge in [0, 0.05) is 24.8 Å². The Morgan fingerprint density at radius 3 is 2.94 bits per heavy atom. The molecule has 0 bridgehead atoms. The van der Waals surface area contributed by atoms with E-state index in [0.717, 1.165) is 25.8 Å². The largest absolute Gasteiger partial charge is 0.340 e. The summed E-state index contributed by atoms with van der Waals surface area (Å²) in [6.45, 7) is 0. The van der Waals surface area contributed by atoms with Crippen molar-refractivity contribution in [2.45, 2.75) is 0 Å². The van der Waals surface area contributed by atoms with Crippen molar-refractivity contribution in [3.8, 4) is 10.6 Å². The van der Waals surface area contributed by atoms with Gasteiger partial charge in [-0.05, 0) is 12.1 Å². The number of aromatic nitrogens is 3. The van der Waals surface area contributed by atoms with Crippen molar-refractivity contribution in [1.82, 2.24) is 14.5 Å². The fourth-order valence-electron chi connectivity index (χ4n) is 1.57. The first kappa shape index (κ1) is 9.81. The molecule has 3 nitrogen and oxygen atoms in total. The van der Waals surface area contributed by atoms with E-state index in [1.54, 1.807) is 29.9 Å². The van der Waals surface area contributed by atoms with Gasteiger partial charge in [0.25, 0.3) is 0 Å². The van der Waals surface area contributed by atoms with Crippen molar-refractivity contribution in [3.63, 3.8) is 0 Å². The first-order valence-corrected chi connectivity index (χ1v) is 5.96. The van der Waals surface area contributed by atoms with Gasteiger partial charge >= 0.3 is 0 Å². The Morgan fingerprint density at radius 1 is 1.38 bits per heavy atom. The molecule has 0 atom stereocenters. The monoisotopic (exact) mass is 249 g/mol. The third-order valence-corrected chi connectivity index (χ3v) is 3.73. The number of hydrogen-bond donors (Lipinski definition) is 0. The van der Waals surface area contributed by atoms with Crippen LogP contribution in [0.2, 0.25) is 5.02 Å². The van der Waals surface area contributed by atoms with E-state index in [1.807, 2.05) is 23.9 Å². The van der Waals surface area contributed by atoms with Gasteiger partial charge in [0.2, 0.25) is 0 Å². The van der Waals surface area contributed by atoms with Gasteiger partial charge in [0.15, 0.2) is 0 Å². The second-order valence-electron chi connectivity index (χ2n) is 3.55. The zero-order chi connectivity index (χ0) is 11.1. The number of imidazole rings is 1. The molecule has 3 aromatic heterocycles. The highest BCUT2D eigenvalue weighted by Gasteiger charge is 2.09. The minimum atomic E-state index is 0.739. The smallest absolute Gasteiger partial charge is 0.125 e. The molecule has 16 heavy (non-hydrogen) atoms. The molecule has 0 aliphatic heterocycles. The molecule has 80 valence electrons. The van der Waals surface area contributed by atoms with E-state index in [9.17, 15) is 0 Å². The Hall–Kier alpha value is -1.39. The lowest BCUT2D eigenvalue weighted by Crippen LogP contribution is -1.77. The van der Waals surface area contributed by atoms with Crippen LogP contribution in [-0.2, 0) is 7.05 Å². The van der Waals surface area contributed by atoms with E-state index in [0.29, 0.717) is 0 Å². The van der Waals surface area contributed by atoms with E-state index < -0.39 is 0 Å². The maximum atomic E-state index is 6.10. The number of aryl methyl sites for hydroxylation is 1. The molecule has 3 rings (SSSR count). The third-order valence-electron chi connectivity index (χ3n) is 2.34. The van der Waals surface area contributed by atoms with Crippen LogP contribution in [0.3, 0.4) is 0 Å². The predicted molar refractivity (Wildman–Crippen MR) is 66.8 cm³/mol. The van der Waals surface area contributed by atoms with Crippen molar-refractivity contribution < 1.29 is 0 Å². The molecule has 0 radical (unpaired) electrons. The van der Waals surface area contributed by atoms with Gasteiger partial charge in [-0.1, -0.05) is 11.6 Å². The Kier molecular flexibility index (Phi) is 2.19. The molecule has 3 heterocycles. The van der Waals surface area contributed by atoms with Crippen LogP contribution in [0.5, 0.6) is 0 Å². The maximum Gasteiger partial charge on any atom is 0.125 e. The van der Waals surface area contributed by atoms with Gasteiger partial charge in [-0.15, -0.1) is 11.3 Å². The van der Waals surface area contributed by atoms with Gasteiger partial charge in [0.05, 0.1) is 21.9 Å². The lowest BCUT2D eigenvalue weighted by molar-refractivity contribution is 0.913. The standard InChI is InChI=1S/C11H8ClN3S/c1-15-5-9(14-6-15)10-4-7-8(12)2-3-13-11(7)16-10/h2-6H,1H3. The molecular formula is C11H8ClN3S. The number of halogens is 1. The summed E-state index contributed by atoms with van der Waals surface area (Å²) in [5.41, 5.74) is 0.960. The lowest BCUT2D eigenvalue weighted by atomic mass is 10.3. The van der Waals surface area contributed by atoms with Gasteiger partial charge in [-0.2, -0.15) is 0 Å². The summed E-state index contributed by atoms with van der Waals surface area (Å²) in [4.78, 5) is 10.7. The molecule has 0 amide bonds. The molecule has 0 N–H and O–H groups in total. The minimum absolute atomic E-state index is 0.739. The minimum Gasteiger partial charge on any atom is -0.340 e. The topological polar surface area (TPSA) is 30.7 Å². The van der Waals surface area contributed by atoms with Crippen LogP contribution < -0.4 is 0 Å². The molecule has 0 spiro atoms. The summed E-state index contributed by atoms with van der Waals surface area (Å²) in [6, 6.07) is 3.84. The van der Waals surface area contributed by atoms with Crippen molar-refractivity contribution in [2.24, 2.45) is 7.05 Å². The van der Waals surface area contributed by atoms with E-state index in [2.05, 4.69) is 9.97 Å². The molecule has 0 aromatic carbocycles. The summed E-state index contributed by atoms with van der Waals surface area (Å²) in [5, 5.41) is 1.73. The van der Waals surface area contributed by atoms with Gasteiger partial charge in [-0.25, -0.2) is 9.97 Å². The average Bonchev–Trinajstić information content (AvgIpc) is 2.84. The van der Waals surface area contributed by atoms with Crippen LogP contribution in [0.1, 0.15) is 0 Å². The summed E-state index contributed by atoms with van der Waals surface area (Å²) in [7, 11) is 1.95. The van der Waals surface area contributed by atoms with E-state index in [1.165, 1.54) is 0 Å². The van der Waals surface area contributed by atoms with Crippen molar-refractivity contribution >= 4 is 33.2 Å². The van der Waals surface area contributed by atoms with Crippen molar-refractivity contribution in [3.05, 3.63) is 35.9 Å². The number of thiophene rings is 1. The van der Waals surface area contributed by atoms with Crippen LogP contribution in [0.4, 0.5) is 0 Å². The highest BCUT2D eigenvalue weighted by molar-refractivity contribution is 7.21. The van der Waals surface area contributed by atoms with Crippen LogP contribution in [0.25, 0.3) is 20.8 Å². The normalized spacial score (nSPS) is 11.1. The zero-order valence-corrected chi connectivity index (χ0v) is 10.1. The molecule has 0 fully saturated rings. The van der Waals surface area contributed by atoms with E-state index in [4.69, 9.17) is 11.6 Å². The number of pyridine rings is 1. The molecule has 0 saturated heterocycles. The average molecular weight is 250 g/mol. The first-order chi connectivity index (χ1) is 7.74. The molecule has 0 saturated carbocycles. The zero-order valence-electron chi connectivity index (χ0n) is 8.51. The van der Waals surface area contributed by atoms with Gasteiger partial charge < -0.3 is 4.57 Å². The molecule has 0 aliphatic carbocycles. The summed E-state index contributed by atoms with van der Waals surface area (Å²) in [6.07, 6.45) is 5.50. The second kappa shape index (κ2) is 3.57. The van der Waals surface area contributed by atoms with E-state index in [-0.39, 0.29) is 0 Å². The third kappa shape index (κ3) is 1.50. The number of nitrogens with zero attached hydrogens (tertiary/aromatic N) is 3. The Morgan fingerprint density at radius 2 is 2.25 bits per heavy atom.